The summed E-state index contributed by atoms with van der Waals surface area (Å²) in [5.41, 5.74) is 0. The molecule has 0 aliphatic rings. The maximum absolute atomic E-state index is 9.11. The van der Waals surface area contributed by atoms with Crippen LogP contribution in [-0.4, -0.2) is 22.9 Å². The van der Waals surface area contributed by atoms with E-state index in [1.165, 1.54) is 0 Å². The molecular formula is C8H17KO2. The van der Waals surface area contributed by atoms with Crippen LogP contribution in [0.15, 0.2) is 12.2 Å². The number of hydrogen-bond donors (Lipinski definition) is 2. The smallest absolute Gasteiger partial charge is 1.00 e. The first-order chi connectivity index (χ1) is 4.81. The largest absolute Gasteiger partial charge is 1.00 e. The van der Waals surface area contributed by atoms with E-state index in [0.29, 0.717) is 6.42 Å². The minimum Gasteiger partial charge on any atom is -1.00 e. The molecule has 0 heterocycles. The van der Waals surface area contributed by atoms with E-state index in [2.05, 4.69) is 0 Å². The number of aliphatic hydroxyl groups excluding tert-OH is 2. The van der Waals surface area contributed by atoms with Gasteiger partial charge in [0.25, 0.3) is 0 Å². The van der Waals surface area contributed by atoms with Crippen molar-refractivity contribution in [3.63, 3.8) is 0 Å². The van der Waals surface area contributed by atoms with Gasteiger partial charge in [0.05, 0.1) is 6.10 Å². The van der Waals surface area contributed by atoms with Crippen LogP contribution >= 0.6 is 0 Å². The van der Waals surface area contributed by atoms with Crippen molar-refractivity contribution in [1.82, 2.24) is 0 Å². The van der Waals surface area contributed by atoms with E-state index >= 15 is 0 Å². The molecule has 0 saturated heterocycles. The van der Waals surface area contributed by atoms with Crippen molar-refractivity contribution >= 4 is 0 Å². The van der Waals surface area contributed by atoms with Gasteiger partial charge in [-0.1, -0.05) is 25.5 Å². The van der Waals surface area contributed by atoms with Crippen LogP contribution in [0.3, 0.4) is 0 Å². The summed E-state index contributed by atoms with van der Waals surface area (Å²) in [5, 5.41) is 17.5. The van der Waals surface area contributed by atoms with E-state index in [-0.39, 0.29) is 65.5 Å². The fraction of sp³-hybridized carbons (Fsp3) is 0.750. The van der Waals surface area contributed by atoms with Gasteiger partial charge in [-0.05, 0) is 12.8 Å². The molecule has 0 bridgehead atoms. The van der Waals surface area contributed by atoms with Gasteiger partial charge in [0.1, 0.15) is 0 Å². The standard InChI is InChI=1S/C8H16O2.K.H/c1-2-5-8(10)6-3-4-7-9;;/h3,6,8-10H,2,4-5,7H2,1H3;;/q;+1;-1. The molecule has 0 fully saturated rings. The Labute approximate surface area is 113 Å². The summed E-state index contributed by atoms with van der Waals surface area (Å²) in [6.45, 7) is 2.19. The molecule has 3 heteroatoms. The van der Waals surface area contributed by atoms with Crippen molar-refractivity contribution in [2.45, 2.75) is 32.3 Å². The van der Waals surface area contributed by atoms with E-state index in [0.717, 1.165) is 12.8 Å². The molecule has 0 aromatic carbocycles. The molecule has 0 aromatic rings. The molecule has 2 N–H and O–H groups in total. The Balaban J connectivity index is -0.000000405. The van der Waals surface area contributed by atoms with Gasteiger partial charge in [-0.15, -0.1) is 0 Å². The molecule has 2 nitrogen and oxygen atoms in total. The van der Waals surface area contributed by atoms with Gasteiger partial charge >= 0.3 is 51.4 Å². The van der Waals surface area contributed by atoms with E-state index in [1.54, 1.807) is 12.2 Å². The zero-order valence-electron chi connectivity index (χ0n) is 8.45. The van der Waals surface area contributed by atoms with E-state index < -0.39 is 0 Å². The summed E-state index contributed by atoms with van der Waals surface area (Å²) in [6.07, 6.45) is 5.66. The SMILES string of the molecule is CCCC(O)C=CCCO.[H-].[K+]. The minimum atomic E-state index is -0.323. The van der Waals surface area contributed by atoms with Gasteiger partial charge in [-0.2, -0.15) is 0 Å². The third-order valence-corrected chi connectivity index (χ3v) is 1.24. The summed E-state index contributed by atoms with van der Waals surface area (Å²) >= 11 is 0. The van der Waals surface area contributed by atoms with Gasteiger partial charge in [-0.25, -0.2) is 0 Å². The summed E-state index contributed by atoms with van der Waals surface area (Å²) in [4.78, 5) is 0. The molecular weight excluding hydrogens is 167 g/mol. The van der Waals surface area contributed by atoms with Crippen molar-refractivity contribution in [1.29, 1.82) is 0 Å². The molecule has 1 unspecified atom stereocenters. The second-order valence-electron chi connectivity index (χ2n) is 2.30. The fourth-order valence-electron chi connectivity index (χ4n) is 0.720. The van der Waals surface area contributed by atoms with Crippen LogP contribution in [0, 0.1) is 0 Å². The van der Waals surface area contributed by atoms with Crippen molar-refractivity contribution in [2.24, 2.45) is 0 Å². The Kier molecular flexibility index (Phi) is 15.2. The average Bonchev–Trinajstić information content (AvgIpc) is 1.89. The number of rotatable bonds is 5. The molecule has 0 radical (unpaired) electrons. The van der Waals surface area contributed by atoms with E-state index in [9.17, 15) is 0 Å². The van der Waals surface area contributed by atoms with Crippen molar-refractivity contribution < 1.29 is 63.0 Å². The third kappa shape index (κ3) is 11.3. The Bertz CT molecular complexity index is 99.1. The first kappa shape index (κ1) is 14.8. The van der Waals surface area contributed by atoms with Crippen LogP contribution in [0.2, 0.25) is 0 Å². The molecule has 11 heavy (non-hydrogen) atoms. The zero-order valence-corrected chi connectivity index (χ0v) is 10.6. The van der Waals surface area contributed by atoms with E-state index in [4.69, 9.17) is 10.2 Å². The first-order valence-corrected chi connectivity index (χ1v) is 3.76. The Morgan fingerprint density at radius 1 is 1.55 bits per heavy atom. The monoisotopic (exact) mass is 184 g/mol. The maximum atomic E-state index is 9.11. The maximum Gasteiger partial charge on any atom is 1.00 e. The fourth-order valence-corrected chi connectivity index (χ4v) is 0.720. The van der Waals surface area contributed by atoms with Crippen molar-refractivity contribution in [2.75, 3.05) is 6.61 Å². The van der Waals surface area contributed by atoms with Crippen LogP contribution in [0.5, 0.6) is 0 Å². The molecule has 0 aliphatic heterocycles. The molecule has 0 saturated carbocycles. The molecule has 0 rings (SSSR count). The van der Waals surface area contributed by atoms with Gasteiger partial charge in [0, 0.05) is 6.61 Å². The van der Waals surface area contributed by atoms with Crippen LogP contribution in [0.4, 0.5) is 0 Å². The topological polar surface area (TPSA) is 40.5 Å². The summed E-state index contributed by atoms with van der Waals surface area (Å²) in [7, 11) is 0. The molecule has 0 aromatic heterocycles. The predicted molar refractivity (Wildman–Crippen MR) is 42.9 cm³/mol. The second-order valence-corrected chi connectivity index (χ2v) is 2.30. The predicted octanol–water partition coefficient (Wildman–Crippen LogP) is -1.80. The third-order valence-electron chi connectivity index (χ3n) is 1.24. The minimum absolute atomic E-state index is 0. The quantitative estimate of drug-likeness (QED) is 0.391. The van der Waals surface area contributed by atoms with Crippen LogP contribution < -0.4 is 51.4 Å². The normalized spacial score (nSPS) is 13.0. The number of aliphatic hydroxyl groups is 2. The van der Waals surface area contributed by atoms with Gasteiger partial charge in [0.2, 0.25) is 0 Å². The molecule has 1 atom stereocenters. The molecule has 0 amide bonds. The zero-order chi connectivity index (χ0) is 7.82. The Hall–Kier alpha value is 1.30. The van der Waals surface area contributed by atoms with Crippen molar-refractivity contribution in [3.05, 3.63) is 12.2 Å². The summed E-state index contributed by atoms with van der Waals surface area (Å²) in [6, 6.07) is 0. The second kappa shape index (κ2) is 11.3. The Morgan fingerprint density at radius 2 is 2.18 bits per heavy atom. The molecule has 0 spiro atoms. The Morgan fingerprint density at radius 3 is 2.64 bits per heavy atom. The number of hydrogen-bond acceptors (Lipinski definition) is 2. The van der Waals surface area contributed by atoms with E-state index in [1.807, 2.05) is 6.92 Å². The first-order valence-electron chi connectivity index (χ1n) is 3.76. The van der Waals surface area contributed by atoms with Crippen LogP contribution in [0.25, 0.3) is 0 Å². The average molecular weight is 184 g/mol. The van der Waals surface area contributed by atoms with Crippen LogP contribution in [0.1, 0.15) is 27.6 Å². The van der Waals surface area contributed by atoms with Gasteiger partial charge in [-0.3, -0.25) is 0 Å². The summed E-state index contributed by atoms with van der Waals surface area (Å²) in [5.74, 6) is 0. The summed E-state index contributed by atoms with van der Waals surface area (Å²) < 4.78 is 0. The van der Waals surface area contributed by atoms with Crippen LogP contribution in [-0.2, 0) is 0 Å². The molecule has 0 aliphatic carbocycles. The van der Waals surface area contributed by atoms with Gasteiger partial charge in [0.15, 0.2) is 0 Å². The molecule has 62 valence electrons. The van der Waals surface area contributed by atoms with Gasteiger partial charge < -0.3 is 11.6 Å². The van der Waals surface area contributed by atoms with Crippen molar-refractivity contribution in [3.8, 4) is 0 Å².